The Hall–Kier alpha value is -0.930. The van der Waals surface area contributed by atoms with Crippen LogP contribution in [0, 0.1) is 18.7 Å². The summed E-state index contributed by atoms with van der Waals surface area (Å²) in [7, 11) is 0. The average molecular weight is 249 g/mol. The molecule has 1 aromatic rings. The summed E-state index contributed by atoms with van der Waals surface area (Å²) < 4.78 is 19.0. The first-order chi connectivity index (χ1) is 8.74. The van der Waals surface area contributed by atoms with E-state index in [0.717, 1.165) is 36.6 Å². The summed E-state index contributed by atoms with van der Waals surface area (Å²) in [6.07, 6.45) is 4.14. The van der Waals surface area contributed by atoms with Gasteiger partial charge in [-0.1, -0.05) is 12.1 Å². The molecule has 1 heterocycles. The molecule has 1 aromatic carbocycles. The van der Waals surface area contributed by atoms with E-state index in [9.17, 15) is 4.39 Å². The topological polar surface area (TPSA) is 21.3 Å². The summed E-state index contributed by atoms with van der Waals surface area (Å²) in [5, 5.41) is 3.57. The molecule has 0 aromatic heterocycles. The van der Waals surface area contributed by atoms with Crippen molar-refractivity contribution in [3.63, 3.8) is 0 Å². The van der Waals surface area contributed by atoms with Crippen LogP contribution in [0.25, 0.3) is 0 Å². The number of nitrogens with one attached hydrogen (secondary N) is 1. The lowest BCUT2D eigenvalue weighted by atomic mass is 10.1. The molecule has 2 aliphatic rings. The van der Waals surface area contributed by atoms with E-state index in [2.05, 4.69) is 5.32 Å². The Bertz CT molecular complexity index is 431. The van der Waals surface area contributed by atoms with E-state index in [0.29, 0.717) is 12.1 Å². The Labute approximate surface area is 108 Å². The van der Waals surface area contributed by atoms with Gasteiger partial charge >= 0.3 is 0 Å². The second-order valence-corrected chi connectivity index (χ2v) is 5.53. The lowest BCUT2D eigenvalue weighted by Crippen LogP contribution is -2.37. The van der Waals surface area contributed by atoms with Gasteiger partial charge in [0.1, 0.15) is 5.82 Å². The molecule has 1 saturated carbocycles. The van der Waals surface area contributed by atoms with Crippen molar-refractivity contribution in [3.05, 3.63) is 35.1 Å². The van der Waals surface area contributed by atoms with Gasteiger partial charge in [-0.15, -0.1) is 0 Å². The number of hydrogen-bond donors (Lipinski definition) is 1. The molecule has 2 atom stereocenters. The summed E-state index contributed by atoms with van der Waals surface area (Å²) in [5.74, 6) is 0.652. The van der Waals surface area contributed by atoms with Crippen molar-refractivity contribution in [3.8, 4) is 0 Å². The van der Waals surface area contributed by atoms with E-state index in [-0.39, 0.29) is 5.82 Å². The molecule has 3 heteroatoms. The SMILES string of the molecule is Cc1cc(CNC2CCOC2C2CC2)ccc1F. The second kappa shape index (κ2) is 4.98. The zero-order chi connectivity index (χ0) is 12.5. The minimum atomic E-state index is -0.126. The maximum absolute atomic E-state index is 13.2. The van der Waals surface area contributed by atoms with Crippen molar-refractivity contribution >= 4 is 0 Å². The van der Waals surface area contributed by atoms with Gasteiger partial charge < -0.3 is 10.1 Å². The molecular formula is C15H20FNO. The number of halogens is 1. The Morgan fingerprint density at radius 2 is 2.17 bits per heavy atom. The van der Waals surface area contributed by atoms with Crippen molar-refractivity contribution in [2.24, 2.45) is 5.92 Å². The van der Waals surface area contributed by atoms with E-state index in [1.807, 2.05) is 19.1 Å². The smallest absolute Gasteiger partial charge is 0.126 e. The van der Waals surface area contributed by atoms with Gasteiger partial charge in [-0.25, -0.2) is 4.39 Å². The molecule has 1 saturated heterocycles. The molecule has 2 fully saturated rings. The number of benzene rings is 1. The van der Waals surface area contributed by atoms with Crippen LogP contribution in [0.1, 0.15) is 30.4 Å². The zero-order valence-electron chi connectivity index (χ0n) is 10.8. The largest absolute Gasteiger partial charge is 0.376 e. The normalized spacial score (nSPS) is 27.7. The summed E-state index contributed by atoms with van der Waals surface area (Å²) in [4.78, 5) is 0. The van der Waals surface area contributed by atoms with Crippen LogP contribution >= 0.6 is 0 Å². The fourth-order valence-corrected chi connectivity index (χ4v) is 2.78. The van der Waals surface area contributed by atoms with Crippen LogP contribution in [0.15, 0.2) is 18.2 Å². The zero-order valence-corrected chi connectivity index (χ0v) is 10.8. The predicted molar refractivity (Wildman–Crippen MR) is 68.8 cm³/mol. The molecule has 1 N–H and O–H groups in total. The first-order valence-electron chi connectivity index (χ1n) is 6.84. The lowest BCUT2D eigenvalue weighted by molar-refractivity contribution is 0.0809. The summed E-state index contributed by atoms with van der Waals surface area (Å²) >= 11 is 0. The molecule has 98 valence electrons. The van der Waals surface area contributed by atoms with Crippen LogP contribution in [0.5, 0.6) is 0 Å². The van der Waals surface area contributed by atoms with Crippen molar-refractivity contribution < 1.29 is 9.13 Å². The van der Waals surface area contributed by atoms with Gasteiger partial charge in [-0.05, 0) is 49.3 Å². The molecule has 3 rings (SSSR count). The van der Waals surface area contributed by atoms with Gasteiger partial charge in [-0.2, -0.15) is 0 Å². The van der Waals surface area contributed by atoms with Crippen molar-refractivity contribution in [1.29, 1.82) is 0 Å². The van der Waals surface area contributed by atoms with E-state index in [1.165, 1.54) is 12.8 Å². The standard InChI is InChI=1S/C15H20FNO/c1-10-8-11(2-5-13(10)16)9-17-14-6-7-18-15(14)12-3-4-12/h2,5,8,12,14-15,17H,3-4,6-7,9H2,1H3. The monoisotopic (exact) mass is 249 g/mol. The van der Waals surface area contributed by atoms with Gasteiger partial charge in [0.05, 0.1) is 6.10 Å². The van der Waals surface area contributed by atoms with Gasteiger partial charge in [0, 0.05) is 19.2 Å². The Morgan fingerprint density at radius 3 is 2.89 bits per heavy atom. The quantitative estimate of drug-likeness (QED) is 0.886. The molecule has 0 amide bonds. The summed E-state index contributed by atoms with van der Waals surface area (Å²) in [6, 6.07) is 5.81. The molecule has 18 heavy (non-hydrogen) atoms. The van der Waals surface area contributed by atoms with E-state index in [4.69, 9.17) is 4.74 Å². The number of rotatable bonds is 4. The Balaban J connectivity index is 1.58. The predicted octanol–water partition coefficient (Wildman–Crippen LogP) is 2.79. The highest BCUT2D eigenvalue weighted by molar-refractivity contribution is 5.23. The Kier molecular flexibility index (Phi) is 3.35. The molecule has 0 spiro atoms. The van der Waals surface area contributed by atoms with Crippen molar-refractivity contribution in [2.75, 3.05) is 6.61 Å². The fraction of sp³-hybridized carbons (Fsp3) is 0.600. The van der Waals surface area contributed by atoms with Crippen LogP contribution in [-0.4, -0.2) is 18.8 Å². The van der Waals surface area contributed by atoms with Crippen LogP contribution in [0.4, 0.5) is 4.39 Å². The third kappa shape index (κ3) is 2.57. The molecule has 2 nitrogen and oxygen atoms in total. The van der Waals surface area contributed by atoms with Crippen LogP contribution in [-0.2, 0) is 11.3 Å². The van der Waals surface area contributed by atoms with Gasteiger partial charge in [0.2, 0.25) is 0 Å². The number of hydrogen-bond acceptors (Lipinski definition) is 2. The number of ether oxygens (including phenoxy) is 1. The van der Waals surface area contributed by atoms with E-state index >= 15 is 0 Å². The Morgan fingerprint density at radius 1 is 1.33 bits per heavy atom. The van der Waals surface area contributed by atoms with Crippen molar-refractivity contribution in [1.82, 2.24) is 5.32 Å². The molecule has 0 bridgehead atoms. The second-order valence-electron chi connectivity index (χ2n) is 5.53. The highest BCUT2D eigenvalue weighted by atomic mass is 19.1. The maximum atomic E-state index is 13.2. The van der Waals surface area contributed by atoms with Gasteiger partial charge in [0.25, 0.3) is 0 Å². The first-order valence-corrected chi connectivity index (χ1v) is 6.84. The average Bonchev–Trinajstić information content (AvgIpc) is 3.10. The van der Waals surface area contributed by atoms with E-state index in [1.54, 1.807) is 6.07 Å². The van der Waals surface area contributed by atoms with Crippen LogP contribution < -0.4 is 5.32 Å². The molecule has 1 aliphatic heterocycles. The minimum Gasteiger partial charge on any atom is -0.376 e. The minimum absolute atomic E-state index is 0.126. The first kappa shape index (κ1) is 12.1. The maximum Gasteiger partial charge on any atom is 0.126 e. The third-order valence-corrected chi connectivity index (χ3v) is 4.01. The molecule has 1 aliphatic carbocycles. The molecule has 2 unspecified atom stereocenters. The highest BCUT2D eigenvalue weighted by Gasteiger charge is 2.40. The fourth-order valence-electron chi connectivity index (χ4n) is 2.78. The summed E-state index contributed by atoms with van der Waals surface area (Å²) in [5.41, 5.74) is 1.87. The molecule has 0 radical (unpaired) electrons. The van der Waals surface area contributed by atoms with Crippen LogP contribution in [0.3, 0.4) is 0 Å². The van der Waals surface area contributed by atoms with E-state index < -0.39 is 0 Å². The summed E-state index contributed by atoms with van der Waals surface area (Å²) in [6.45, 7) is 3.49. The third-order valence-electron chi connectivity index (χ3n) is 4.01. The van der Waals surface area contributed by atoms with Crippen LogP contribution in [0.2, 0.25) is 0 Å². The van der Waals surface area contributed by atoms with Gasteiger partial charge in [0.15, 0.2) is 0 Å². The van der Waals surface area contributed by atoms with Crippen molar-refractivity contribution in [2.45, 2.75) is 44.9 Å². The van der Waals surface area contributed by atoms with Gasteiger partial charge in [-0.3, -0.25) is 0 Å². The lowest BCUT2D eigenvalue weighted by Gasteiger charge is -2.19. The highest BCUT2D eigenvalue weighted by Crippen LogP contribution is 2.38. The number of aryl methyl sites for hydroxylation is 1. The molecular weight excluding hydrogens is 229 g/mol.